The maximum atomic E-state index is 9.59. The van der Waals surface area contributed by atoms with Crippen LogP contribution in [0.4, 0.5) is 0 Å². The number of aliphatic hydroxyl groups is 1. The Kier molecular flexibility index (Phi) is 6.45. The Morgan fingerprint density at radius 2 is 1.88 bits per heavy atom. The summed E-state index contributed by atoms with van der Waals surface area (Å²) >= 11 is 0. The van der Waals surface area contributed by atoms with Gasteiger partial charge in [-0.15, -0.1) is 0 Å². The maximum Gasteiger partial charge on any atom is 0.0499 e. The fourth-order valence-electron chi connectivity index (χ4n) is 2.56. The van der Waals surface area contributed by atoms with Crippen LogP contribution in [-0.4, -0.2) is 49.3 Å². The van der Waals surface area contributed by atoms with Gasteiger partial charge in [-0.3, -0.25) is 0 Å². The number of nitrogens with zero attached hydrogens (tertiary/aromatic N) is 1. The Hall–Kier alpha value is -0.120. The van der Waals surface area contributed by atoms with E-state index in [1.807, 2.05) is 0 Å². The zero-order chi connectivity index (χ0) is 12.7. The molecule has 3 nitrogen and oxygen atoms in total. The molecule has 2 N–H and O–H groups in total. The molecule has 0 aliphatic heterocycles. The smallest absolute Gasteiger partial charge is 0.0499 e. The molecule has 0 saturated heterocycles. The second kappa shape index (κ2) is 7.34. The van der Waals surface area contributed by atoms with Crippen molar-refractivity contribution < 1.29 is 5.11 Å². The van der Waals surface area contributed by atoms with Crippen LogP contribution in [-0.2, 0) is 0 Å². The van der Waals surface area contributed by atoms with E-state index in [-0.39, 0.29) is 5.41 Å². The Bertz CT molecular complexity index is 200. The highest BCUT2D eigenvalue weighted by molar-refractivity contribution is 4.84. The van der Waals surface area contributed by atoms with Gasteiger partial charge in [-0.2, -0.15) is 0 Å². The molecule has 0 radical (unpaired) electrons. The number of aliphatic hydroxyl groups excluding tert-OH is 1. The monoisotopic (exact) mass is 242 g/mol. The first kappa shape index (κ1) is 14.9. The van der Waals surface area contributed by atoms with Crippen molar-refractivity contribution >= 4 is 0 Å². The first-order valence-electron chi connectivity index (χ1n) is 7.11. The lowest BCUT2D eigenvalue weighted by Gasteiger charge is -2.36. The van der Waals surface area contributed by atoms with Gasteiger partial charge in [0.2, 0.25) is 0 Å². The largest absolute Gasteiger partial charge is 0.396 e. The van der Waals surface area contributed by atoms with E-state index in [9.17, 15) is 5.11 Å². The summed E-state index contributed by atoms with van der Waals surface area (Å²) in [6.45, 7) is 7.87. The van der Waals surface area contributed by atoms with Crippen molar-refractivity contribution in [3.05, 3.63) is 0 Å². The molecule has 0 aromatic carbocycles. The van der Waals surface area contributed by atoms with Crippen LogP contribution in [0.25, 0.3) is 0 Å². The van der Waals surface area contributed by atoms with Crippen LogP contribution in [0.5, 0.6) is 0 Å². The Morgan fingerprint density at radius 1 is 1.24 bits per heavy atom. The van der Waals surface area contributed by atoms with Crippen LogP contribution in [0.15, 0.2) is 0 Å². The van der Waals surface area contributed by atoms with Crippen molar-refractivity contribution in [2.45, 2.75) is 52.0 Å². The molecule has 1 fully saturated rings. The predicted molar refractivity (Wildman–Crippen MR) is 73.2 cm³/mol. The van der Waals surface area contributed by atoms with Crippen molar-refractivity contribution in [1.29, 1.82) is 0 Å². The van der Waals surface area contributed by atoms with Crippen LogP contribution >= 0.6 is 0 Å². The lowest BCUT2D eigenvalue weighted by Crippen LogP contribution is -2.42. The van der Waals surface area contributed by atoms with Gasteiger partial charge in [0.05, 0.1) is 0 Å². The summed E-state index contributed by atoms with van der Waals surface area (Å²) in [6, 6.07) is 0.610. The minimum atomic E-state index is 0.175. The third-order valence-electron chi connectivity index (χ3n) is 4.27. The van der Waals surface area contributed by atoms with Gasteiger partial charge in [-0.25, -0.2) is 0 Å². The summed E-state index contributed by atoms with van der Waals surface area (Å²) in [4.78, 5) is 2.35. The lowest BCUT2D eigenvalue weighted by molar-refractivity contribution is 0.0806. The van der Waals surface area contributed by atoms with E-state index >= 15 is 0 Å². The summed E-state index contributed by atoms with van der Waals surface area (Å²) in [6.07, 6.45) is 6.30. The molecular weight excluding hydrogens is 212 g/mol. The predicted octanol–water partition coefficient (Wildman–Crippen LogP) is 1.86. The number of likely N-dealkylation sites (N-methyl/N-ethyl adjacent to an activating group) is 1. The summed E-state index contributed by atoms with van der Waals surface area (Å²) < 4.78 is 0. The number of hydrogen-bond acceptors (Lipinski definition) is 3. The first-order chi connectivity index (χ1) is 8.09. The third kappa shape index (κ3) is 4.94. The van der Waals surface area contributed by atoms with Crippen molar-refractivity contribution in [1.82, 2.24) is 10.2 Å². The molecule has 0 unspecified atom stereocenters. The number of rotatable bonds is 7. The molecule has 0 aromatic heterocycles. The molecule has 0 atom stereocenters. The molecule has 1 rings (SSSR count). The quantitative estimate of drug-likeness (QED) is 0.669. The highest BCUT2D eigenvalue weighted by Gasteiger charge is 2.30. The van der Waals surface area contributed by atoms with E-state index in [0.717, 1.165) is 19.6 Å². The Balaban J connectivity index is 2.19. The van der Waals surface area contributed by atoms with Crippen LogP contribution in [0.1, 0.15) is 46.0 Å². The zero-order valence-electron chi connectivity index (χ0n) is 11.8. The van der Waals surface area contributed by atoms with Gasteiger partial charge < -0.3 is 15.3 Å². The molecule has 0 aromatic rings. The average Bonchev–Trinajstić information content (AvgIpc) is 2.35. The van der Waals surface area contributed by atoms with Gasteiger partial charge >= 0.3 is 0 Å². The number of nitrogens with one attached hydrogen (secondary N) is 1. The number of hydrogen-bond donors (Lipinski definition) is 2. The van der Waals surface area contributed by atoms with Crippen LogP contribution in [0.2, 0.25) is 0 Å². The van der Waals surface area contributed by atoms with E-state index in [2.05, 4.69) is 31.1 Å². The SMILES string of the molecule is CC(C)N(C)CCNCC1(CO)CCCCC1. The van der Waals surface area contributed by atoms with Gasteiger partial charge in [0.15, 0.2) is 0 Å². The summed E-state index contributed by atoms with van der Waals surface area (Å²) in [5.41, 5.74) is 0.175. The van der Waals surface area contributed by atoms with Crippen molar-refractivity contribution in [3.63, 3.8) is 0 Å². The fraction of sp³-hybridized carbons (Fsp3) is 1.00. The van der Waals surface area contributed by atoms with Crippen molar-refractivity contribution in [2.75, 3.05) is 33.3 Å². The van der Waals surface area contributed by atoms with Crippen LogP contribution in [0.3, 0.4) is 0 Å². The van der Waals surface area contributed by atoms with Crippen LogP contribution < -0.4 is 5.32 Å². The normalized spacial score (nSPS) is 20.1. The summed E-state index contributed by atoms with van der Waals surface area (Å²) in [7, 11) is 2.16. The maximum absolute atomic E-state index is 9.59. The molecule has 0 amide bonds. The molecule has 102 valence electrons. The highest BCUT2D eigenvalue weighted by atomic mass is 16.3. The van der Waals surface area contributed by atoms with Gasteiger partial charge in [0, 0.05) is 37.7 Å². The van der Waals surface area contributed by atoms with Crippen LogP contribution in [0, 0.1) is 5.41 Å². The molecular formula is C14H30N2O. The standard InChI is InChI=1S/C14H30N2O/c1-13(2)16(3)10-9-15-11-14(12-17)7-5-4-6-8-14/h13,15,17H,4-12H2,1-3H3. The Morgan fingerprint density at radius 3 is 2.41 bits per heavy atom. The molecule has 0 bridgehead atoms. The Labute approximate surface area is 107 Å². The van der Waals surface area contributed by atoms with Gasteiger partial charge in [-0.1, -0.05) is 19.3 Å². The van der Waals surface area contributed by atoms with E-state index in [1.54, 1.807) is 0 Å². The third-order valence-corrected chi connectivity index (χ3v) is 4.27. The fourth-order valence-corrected chi connectivity index (χ4v) is 2.56. The molecule has 1 saturated carbocycles. The van der Waals surface area contributed by atoms with Gasteiger partial charge in [-0.05, 0) is 33.7 Å². The molecule has 3 heteroatoms. The summed E-state index contributed by atoms with van der Waals surface area (Å²) in [5, 5.41) is 13.1. The molecule has 0 spiro atoms. The minimum Gasteiger partial charge on any atom is -0.396 e. The molecule has 17 heavy (non-hydrogen) atoms. The molecule has 1 aliphatic rings. The second-order valence-electron chi connectivity index (χ2n) is 5.97. The lowest BCUT2D eigenvalue weighted by atomic mass is 9.74. The summed E-state index contributed by atoms with van der Waals surface area (Å²) in [5.74, 6) is 0. The van der Waals surface area contributed by atoms with E-state index < -0.39 is 0 Å². The van der Waals surface area contributed by atoms with Gasteiger partial charge in [0.1, 0.15) is 0 Å². The van der Waals surface area contributed by atoms with Crippen molar-refractivity contribution in [2.24, 2.45) is 5.41 Å². The average molecular weight is 242 g/mol. The van der Waals surface area contributed by atoms with E-state index in [4.69, 9.17) is 0 Å². The highest BCUT2D eigenvalue weighted by Crippen LogP contribution is 2.35. The van der Waals surface area contributed by atoms with E-state index in [1.165, 1.54) is 32.1 Å². The second-order valence-corrected chi connectivity index (χ2v) is 5.97. The topological polar surface area (TPSA) is 35.5 Å². The minimum absolute atomic E-state index is 0.175. The first-order valence-corrected chi connectivity index (χ1v) is 7.11. The molecule has 1 aliphatic carbocycles. The van der Waals surface area contributed by atoms with Gasteiger partial charge in [0.25, 0.3) is 0 Å². The molecule has 0 heterocycles. The van der Waals surface area contributed by atoms with Crippen molar-refractivity contribution in [3.8, 4) is 0 Å². The van der Waals surface area contributed by atoms with E-state index in [0.29, 0.717) is 12.6 Å². The zero-order valence-corrected chi connectivity index (χ0v) is 11.8.